The van der Waals surface area contributed by atoms with Gasteiger partial charge in [0.05, 0.1) is 7.11 Å². The molecule has 0 fully saturated rings. The summed E-state index contributed by atoms with van der Waals surface area (Å²) >= 11 is 5.71. The molecule has 0 saturated heterocycles. The van der Waals surface area contributed by atoms with Gasteiger partial charge < -0.3 is 9.84 Å². The minimum atomic E-state index is -3.98. The molecule has 0 amide bonds. The SMILES string of the molecule is COc1cc(Cl)ccc1S(=O)(=O)N[C@H](C)C(=O)O. The Balaban J connectivity index is 3.16. The molecule has 0 aliphatic carbocycles. The molecule has 0 aliphatic heterocycles. The van der Waals surface area contributed by atoms with E-state index in [4.69, 9.17) is 21.4 Å². The lowest BCUT2D eigenvalue weighted by atomic mass is 10.3. The minimum absolute atomic E-state index is 0.0487. The molecule has 1 aromatic rings. The fourth-order valence-electron chi connectivity index (χ4n) is 1.21. The van der Waals surface area contributed by atoms with Gasteiger partial charge in [0.15, 0.2) is 0 Å². The van der Waals surface area contributed by atoms with Gasteiger partial charge in [0.2, 0.25) is 10.0 Å². The summed E-state index contributed by atoms with van der Waals surface area (Å²) in [5.41, 5.74) is 0. The summed E-state index contributed by atoms with van der Waals surface area (Å²) in [4.78, 5) is 10.5. The molecule has 0 radical (unpaired) electrons. The number of hydrogen-bond acceptors (Lipinski definition) is 4. The van der Waals surface area contributed by atoms with E-state index >= 15 is 0 Å². The van der Waals surface area contributed by atoms with Crippen molar-refractivity contribution in [2.24, 2.45) is 0 Å². The van der Waals surface area contributed by atoms with Crippen molar-refractivity contribution >= 4 is 27.6 Å². The van der Waals surface area contributed by atoms with E-state index in [0.717, 1.165) is 0 Å². The van der Waals surface area contributed by atoms with E-state index in [-0.39, 0.29) is 10.6 Å². The highest BCUT2D eigenvalue weighted by Crippen LogP contribution is 2.27. The standard InChI is InChI=1S/C10H12ClNO5S/c1-6(10(13)14)12-18(15,16)9-4-3-7(11)5-8(9)17-2/h3-6,12H,1-2H3,(H,13,14)/t6-/m1/s1. The van der Waals surface area contributed by atoms with Crippen LogP contribution in [0.2, 0.25) is 5.02 Å². The Kier molecular flexibility index (Phi) is 4.55. The molecule has 2 N–H and O–H groups in total. The van der Waals surface area contributed by atoms with Crippen LogP contribution in [0.15, 0.2) is 23.1 Å². The van der Waals surface area contributed by atoms with Gasteiger partial charge in [-0.05, 0) is 19.1 Å². The highest BCUT2D eigenvalue weighted by atomic mass is 35.5. The number of aliphatic carboxylic acids is 1. The van der Waals surface area contributed by atoms with Gasteiger partial charge in [-0.3, -0.25) is 4.79 Å². The number of hydrogen-bond donors (Lipinski definition) is 2. The predicted molar refractivity (Wildman–Crippen MR) is 65.4 cm³/mol. The van der Waals surface area contributed by atoms with Crippen LogP contribution in [-0.2, 0) is 14.8 Å². The van der Waals surface area contributed by atoms with Crippen molar-refractivity contribution in [1.82, 2.24) is 4.72 Å². The summed E-state index contributed by atoms with van der Waals surface area (Å²) in [6.45, 7) is 1.22. The van der Waals surface area contributed by atoms with E-state index in [2.05, 4.69) is 0 Å². The van der Waals surface area contributed by atoms with Crippen LogP contribution in [0.4, 0.5) is 0 Å². The van der Waals surface area contributed by atoms with E-state index < -0.39 is 22.0 Å². The summed E-state index contributed by atoms with van der Waals surface area (Å²) in [6, 6.07) is 2.72. The molecule has 8 heteroatoms. The number of nitrogens with one attached hydrogen (secondary N) is 1. The molecule has 100 valence electrons. The highest BCUT2D eigenvalue weighted by Gasteiger charge is 2.24. The molecule has 0 heterocycles. The molecule has 6 nitrogen and oxygen atoms in total. The van der Waals surface area contributed by atoms with Gasteiger partial charge in [-0.25, -0.2) is 8.42 Å². The first-order chi connectivity index (χ1) is 8.27. The van der Waals surface area contributed by atoms with Gasteiger partial charge in [-0.2, -0.15) is 4.72 Å². The summed E-state index contributed by atoms with van der Waals surface area (Å²) in [5.74, 6) is -1.22. The van der Waals surface area contributed by atoms with Crippen molar-refractivity contribution in [3.63, 3.8) is 0 Å². The Morgan fingerprint density at radius 3 is 2.61 bits per heavy atom. The molecule has 18 heavy (non-hydrogen) atoms. The molecule has 0 saturated carbocycles. The zero-order chi connectivity index (χ0) is 13.9. The number of carboxylic acid groups (broad SMARTS) is 1. The molecule has 0 spiro atoms. The van der Waals surface area contributed by atoms with Crippen LogP contribution < -0.4 is 9.46 Å². The Labute approximate surface area is 110 Å². The summed E-state index contributed by atoms with van der Waals surface area (Å²) in [5, 5.41) is 9.00. The number of benzene rings is 1. The van der Waals surface area contributed by atoms with E-state index in [1.165, 1.54) is 32.2 Å². The lowest BCUT2D eigenvalue weighted by molar-refractivity contribution is -0.138. The largest absolute Gasteiger partial charge is 0.495 e. The number of rotatable bonds is 5. The van der Waals surface area contributed by atoms with E-state index in [9.17, 15) is 13.2 Å². The fourth-order valence-corrected chi connectivity index (χ4v) is 2.72. The van der Waals surface area contributed by atoms with Crippen molar-refractivity contribution in [2.75, 3.05) is 7.11 Å². The van der Waals surface area contributed by atoms with Crippen molar-refractivity contribution in [1.29, 1.82) is 0 Å². The second-order valence-electron chi connectivity index (χ2n) is 3.48. The molecule has 0 aliphatic rings. The first kappa shape index (κ1) is 14.7. The number of methoxy groups -OCH3 is 1. The molecule has 1 aromatic carbocycles. The second-order valence-corrected chi connectivity index (χ2v) is 5.60. The van der Waals surface area contributed by atoms with Gasteiger partial charge >= 0.3 is 5.97 Å². The lowest BCUT2D eigenvalue weighted by Gasteiger charge is -2.13. The maximum absolute atomic E-state index is 11.9. The molecule has 0 bridgehead atoms. The zero-order valence-electron chi connectivity index (χ0n) is 9.68. The number of ether oxygens (including phenoxy) is 1. The predicted octanol–water partition coefficient (Wildman–Crippen LogP) is 1.10. The number of sulfonamides is 1. The van der Waals surface area contributed by atoms with Gasteiger partial charge in [-0.1, -0.05) is 11.6 Å². The highest BCUT2D eigenvalue weighted by molar-refractivity contribution is 7.89. The maximum atomic E-state index is 11.9. The van der Waals surface area contributed by atoms with E-state index in [0.29, 0.717) is 5.02 Å². The third-order valence-electron chi connectivity index (χ3n) is 2.12. The van der Waals surface area contributed by atoms with Crippen molar-refractivity contribution in [3.8, 4) is 5.75 Å². The lowest BCUT2D eigenvalue weighted by Crippen LogP contribution is -2.38. The van der Waals surface area contributed by atoms with Crippen molar-refractivity contribution in [3.05, 3.63) is 23.2 Å². The van der Waals surface area contributed by atoms with Crippen LogP contribution in [0.25, 0.3) is 0 Å². The molecular formula is C10H12ClNO5S. The van der Waals surface area contributed by atoms with Gasteiger partial charge in [0.25, 0.3) is 0 Å². The monoisotopic (exact) mass is 293 g/mol. The topological polar surface area (TPSA) is 92.7 Å². The minimum Gasteiger partial charge on any atom is -0.495 e. The third-order valence-corrected chi connectivity index (χ3v) is 3.93. The van der Waals surface area contributed by atoms with Crippen molar-refractivity contribution in [2.45, 2.75) is 17.9 Å². The quantitative estimate of drug-likeness (QED) is 0.848. The zero-order valence-corrected chi connectivity index (χ0v) is 11.2. The van der Waals surface area contributed by atoms with Gasteiger partial charge in [0, 0.05) is 11.1 Å². The first-order valence-electron chi connectivity index (χ1n) is 4.86. The number of halogens is 1. The van der Waals surface area contributed by atoms with Gasteiger partial charge in [-0.15, -0.1) is 0 Å². The molecule has 0 aromatic heterocycles. The Morgan fingerprint density at radius 1 is 1.50 bits per heavy atom. The van der Waals surface area contributed by atoms with Gasteiger partial charge in [0.1, 0.15) is 16.7 Å². The van der Waals surface area contributed by atoms with Crippen LogP contribution >= 0.6 is 11.6 Å². The van der Waals surface area contributed by atoms with Crippen molar-refractivity contribution < 1.29 is 23.1 Å². The van der Waals surface area contributed by atoms with E-state index in [1.807, 2.05) is 4.72 Å². The Morgan fingerprint density at radius 2 is 2.11 bits per heavy atom. The van der Waals surface area contributed by atoms with Crippen LogP contribution in [0.3, 0.4) is 0 Å². The summed E-state index contributed by atoms with van der Waals surface area (Å²) < 4.78 is 30.8. The normalized spacial score (nSPS) is 13.1. The summed E-state index contributed by atoms with van der Waals surface area (Å²) in [6.07, 6.45) is 0. The van der Waals surface area contributed by atoms with Crippen LogP contribution in [0.1, 0.15) is 6.92 Å². The first-order valence-corrected chi connectivity index (χ1v) is 6.72. The molecule has 0 unspecified atom stereocenters. The average molecular weight is 294 g/mol. The molecule has 1 atom stereocenters. The van der Waals surface area contributed by atoms with Crippen LogP contribution in [-0.4, -0.2) is 32.6 Å². The Hall–Kier alpha value is -1.31. The third kappa shape index (κ3) is 3.34. The number of carbonyl (C=O) groups is 1. The smallest absolute Gasteiger partial charge is 0.321 e. The fraction of sp³-hybridized carbons (Fsp3) is 0.300. The Bertz CT molecular complexity index is 557. The molecule has 1 rings (SSSR count). The molecular weight excluding hydrogens is 282 g/mol. The van der Waals surface area contributed by atoms with Crippen LogP contribution in [0, 0.1) is 0 Å². The second kappa shape index (κ2) is 5.55. The average Bonchev–Trinajstić information content (AvgIpc) is 2.27. The van der Waals surface area contributed by atoms with E-state index in [1.54, 1.807) is 0 Å². The maximum Gasteiger partial charge on any atom is 0.321 e. The summed E-state index contributed by atoms with van der Waals surface area (Å²) in [7, 11) is -2.68. The van der Waals surface area contributed by atoms with Crippen LogP contribution in [0.5, 0.6) is 5.75 Å². The number of carboxylic acids is 1.